The summed E-state index contributed by atoms with van der Waals surface area (Å²) in [4.78, 5) is 13.4. The molecule has 0 aliphatic carbocycles. The third-order valence-corrected chi connectivity index (χ3v) is 4.58. The number of fused-ring (bicyclic) bond motifs is 1. The number of thiophene rings is 1. The Morgan fingerprint density at radius 3 is 2.78 bits per heavy atom. The van der Waals surface area contributed by atoms with Gasteiger partial charge in [-0.25, -0.2) is 0 Å². The maximum atomic E-state index is 12.7. The zero-order valence-corrected chi connectivity index (χ0v) is 12.8. The second-order valence-electron chi connectivity index (χ2n) is 5.11. The normalized spacial score (nSPS) is 12.3. The van der Waals surface area contributed by atoms with Crippen molar-refractivity contribution in [3.8, 4) is 28.4 Å². The van der Waals surface area contributed by atoms with Gasteiger partial charge in [-0.05, 0) is 41.3 Å². The number of ketones is 1. The van der Waals surface area contributed by atoms with Gasteiger partial charge in [0.15, 0.2) is 11.5 Å². The first kappa shape index (κ1) is 13.8. The minimum atomic E-state index is -0.108. The molecule has 0 unspecified atom stereocenters. The molecule has 3 aromatic rings. The molecule has 0 amide bonds. The highest BCUT2D eigenvalue weighted by atomic mass is 32.1. The fourth-order valence-electron chi connectivity index (χ4n) is 2.55. The molecule has 0 atom stereocenters. The minimum Gasteiger partial charge on any atom is -0.508 e. The van der Waals surface area contributed by atoms with Gasteiger partial charge in [0, 0.05) is 11.1 Å². The average molecular weight is 324 g/mol. The molecule has 1 N–H and O–H groups in total. The highest BCUT2D eigenvalue weighted by Crippen LogP contribution is 2.38. The molecule has 0 fully saturated rings. The molecule has 0 spiro atoms. The summed E-state index contributed by atoms with van der Waals surface area (Å²) in [6, 6.07) is 13.9. The van der Waals surface area contributed by atoms with Crippen molar-refractivity contribution in [2.24, 2.45) is 0 Å². The van der Waals surface area contributed by atoms with Crippen molar-refractivity contribution < 1.29 is 19.4 Å². The van der Waals surface area contributed by atoms with E-state index in [-0.39, 0.29) is 18.3 Å². The van der Waals surface area contributed by atoms with E-state index in [1.165, 1.54) is 17.4 Å². The van der Waals surface area contributed by atoms with Gasteiger partial charge >= 0.3 is 0 Å². The zero-order valence-electron chi connectivity index (χ0n) is 12.0. The smallest absolute Gasteiger partial charge is 0.231 e. The van der Waals surface area contributed by atoms with Gasteiger partial charge in [0.25, 0.3) is 0 Å². The molecule has 4 nitrogen and oxygen atoms in total. The van der Waals surface area contributed by atoms with Crippen molar-refractivity contribution in [3.63, 3.8) is 0 Å². The molecule has 4 rings (SSSR count). The summed E-state index contributed by atoms with van der Waals surface area (Å²) in [5.74, 6) is 1.37. The number of carbonyl (C=O) groups excluding carboxylic acids is 1. The van der Waals surface area contributed by atoms with Crippen LogP contribution in [0.1, 0.15) is 15.2 Å². The molecule has 114 valence electrons. The van der Waals surface area contributed by atoms with E-state index in [2.05, 4.69) is 0 Å². The molecule has 23 heavy (non-hydrogen) atoms. The van der Waals surface area contributed by atoms with Crippen molar-refractivity contribution in [2.75, 3.05) is 6.79 Å². The minimum absolute atomic E-state index is 0.0806. The Hall–Kier alpha value is -2.79. The predicted molar refractivity (Wildman–Crippen MR) is 87.4 cm³/mol. The third-order valence-electron chi connectivity index (χ3n) is 3.66. The van der Waals surface area contributed by atoms with Crippen LogP contribution in [0.25, 0.3) is 11.1 Å². The first-order valence-corrected chi connectivity index (χ1v) is 7.91. The van der Waals surface area contributed by atoms with Gasteiger partial charge in [-0.3, -0.25) is 4.79 Å². The fourth-order valence-corrected chi connectivity index (χ4v) is 3.43. The first-order valence-electron chi connectivity index (χ1n) is 7.03. The van der Waals surface area contributed by atoms with E-state index >= 15 is 0 Å². The number of carbonyl (C=O) groups is 1. The Bertz CT molecular complexity index is 898. The van der Waals surface area contributed by atoms with Crippen LogP contribution >= 0.6 is 11.3 Å². The number of ether oxygens (including phenoxy) is 2. The van der Waals surface area contributed by atoms with E-state index in [0.29, 0.717) is 21.9 Å². The third kappa shape index (κ3) is 2.45. The summed E-state index contributed by atoms with van der Waals surface area (Å²) in [5.41, 5.74) is 2.22. The fraction of sp³-hybridized carbons (Fsp3) is 0.0556. The molecule has 1 aliphatic rings. The highest BCUT2D eigenvalue weighted by Gasteiger charge is 2.19. The summed E-state index contributed by atoms with van der Waals surface area (Å²) in [6.07, 6.45) is 0. The van der Waals surface area contributed by atoms with Crippen LogP contribution in [0, 0.1) is 0 Å². The second kappa shape index (κ2) is 5.44. The van der Waals surface area contributed by atoms with E-state index in [1.807, 2.05) is 29.6 Å². The number of hydrogen-bond donors (Lipinski definition) is 1. The van der Waals surface area contributed by atoms with Crippen molar-refractivity contribution in [3.05, 3.63) is 64.4 Å². The van der Waals surface area contributed by atoms with Crippen molar-refractivity contribution in [2.45, 2.75) is 0 Å². The molecule has 2 heterocycles. The average Bonchev–Trinajstić information content (AvgIpc) is 3.22. The Labute approximate surface area is 136 Å². The number of phenols is 1. The number of benzene rings is 2. The summed E-state index contributed by atoms with van der Waals surface area (Å²) in [7, 11) is 0. The number of phenolic OH excluding ortho intramolecular Hbond substituents is 1. The van der Waals surface area contributed by atoms with Gasteiger partial charge in [-0.2, -0.15) is 0 Å². The number of hydrogen-bond acceptors (Lipinski definition) is 5. The van der Waals surface area contributed by atoms with Crippen LogP contribution in [-0.4, -0.2) is 17.7 Å². The van der Waals surface area contributed by atoms with Gasteiger partial charge in [0.1, 0.15) is 5.75 Å². The van der Waals surface area contributed by atoms with Crippen LogP contribution in [-0.2, 0) is 0 Å². The lowest BCUT2D eigenvalue weighted by molar-refractivity contribution is 0.104. The Morgan fingerprint density at radius 1 is 1.04 bits per heavy atom. The second-order valence-corrected chi connectivity index (χ2v) is 6.03. The SMILES string of the molecule is O=C(c1cccc(O)c1)c1sccc1-c1ccc2c(c1)OCO2. The van der Waals surface area contributed by atoms with Gasteiger partial charge in [-0.15, -0.1) is 11.3 Å². The maximum Gasteiger partial charge on any atom is 0.231 e. The lowest BCUT2D eigenvalue weighted by Gasteiger charge is -2.05. The Morgan fingerprint density at radius 2 is 1.91 bits per heavy atom. The molecule has 0 saturated carbocycles. The number of aromatic hydroxyl groups is 1. The van der Waals surface area contributed by atoms with E-state index in [1.54, 1.807) is 18.2 Å². The van der Waals surface area contributed by atoms with Crippen molar-refractivity contribution in [1.29, 1.82) is 0 Å². The van der Waals surface area contributed by atoms with Gasteiger partial charge in [0.05, 0.1) is 4.88 Å². The monoisotopic (exact) mass is 324 g/mol. The number of rotatable bonds is 3. The molecule has 0 radical (unpaired) electrons. The molecule has 1 aliphatic heterocycles. The molecule has 2 aromatic carbocycles. The van der Waals surface area contributed by atoms with Gasteiger partial charge in [-0.1, -0.05) is 18.2 Å². The van der Waals surface area contributed by atoms with Crippen LogP contribution in [0.15, 0.2) is 53.9 Å². The molecule has 5 heteroatoms. The van der Waals surface area contributed by atoms with E-state index < -0.39 is 0 Å². The molecule has 0 saturated heterocycles. The van der Waals surface area contributed by atoms with E-state index in [9.17, 15) is 9.90 Å². The topological polar surface area (TPSA) is 55.8 Å². The van der Waals surface area contributed by atoms with Crippen molar-refractivity contribution in [1.82, 2.24) is 0 Å². The molecular formula is C18H12O4S. The van der Waals surface area contributed by atoms with E-state index in [4.69, 9.17) is 9.47 Å². The largest absolute Gasteiger partial charge is 0.508 e. The van der Waals surface area contributed by atoms with Gasteiger partial charge < -0.3 is 14.6 Å². The zero-order chi connectivity index (χ0) is 15.8. The maximum absolute atomic E-state index is 12.7. The van der Waals surface area contributed by atoms with Gasteiger partial charge in [0.2, 0.25) is 12.6 Å². The van der Waals surface area contributed by atoms with Crippen LogP contribution in [0.4, 0.5) is 0 Å². The van der Waals surface area contributed by atoms with Crippen molar-refractivity contribution >= 4 is 17.1 Å². The van der Waals surface area contributed by atoms with Crippen LogP contribution in [0.2, 0.25) is 0 Å². The Balaban J connectivity index is 1.75. The highest BCUT2D eigenvalue weighted by molar-refractivity contribution is 7.12. The van der Waals surface area contributed by atoms with E-state index in [0.717, 1.165) is 11.1 Å². The van der Waals surface area contributed by atoms with Crippen LogP contribution < -0.4 is 9.47 Å². The summed E-state index contributed by atoms with van der Waals surface area (Å²) in [6.45, 7) is 0.220. The van der Waals surface area contributed by atoms with Crippen LogP contribution in [0.3, 0.4) is 0 Å². The molecular weight excluding hydrogens is 312 g/mol. The lowest BCUT2D eigenvalue weighted by Crippen LogP contribution is -2.00. The summed E-state index contributed by atoms with van der Waals surface area (Å²) in [5, 5.41) is 11.5. The lowest BCUT2D eigenvalue weighted by atomic mass is 10.0. The quantitative estimate of drug-likeness (QED) is 0.738. The summed E-state index contributed by atoms with van der Waals surface area (Å²) >= 11 is 1.38. The first-order chi connectivity index (χ1) is 11.2. The predicted octanol–water partition coefficient (Wildman–Crippen LogP) is 4.08. The molecule has 1 aromatic heterocycles. The van der Waals surface area contributed by atoms with Crippen LogP contribution in [0.5, 0.6) is 17.2 Å². The summed E-state index contributed by atoms with van der Waals surface area (Å²) < 4.78 is 10.7. The molecule has 0 bridgehead atoms. The standard InChI is InChI=1S/C18H12O4S/c19-13-3-1-2-12(8-13)17(20)18-14(6-7-23-18)11-4-5-15-16(9-11)22-10-21-15/h1-9,19H,10H2. The Kier molecular flexibility index (Phi) is 3.28.